The standard InChI is InChI=1S/C21H21ClN2O5S2/c1-4-28-19(26)16-12(3)17(20(27)29-5-2)31-18(16)24-21(30)23-15(25)11-8-13-6-9-14(22)10-7-13/h6-11H,4-5H2,1-3H3,(H2,23,24,25,30)/b11-8+. The van der Waals surface area contributed by atoms with E-state index in [0.717, 1.165) is 16.9 Å². The summed E-state index contributed by atoms with van der Waals surface area (Å²) in [5.74, 6) is -1.63. The molecule has 10 heteroatoms. The van der Waals surface area contributed by atoms with E-state index in [1.54, 1.807) is 51.1 Å². The van der Waals surface area contributed by atoms with E-state index in [4.69, 9.17) is 33.3 Å². The predicted octanol–water partition coefficient (Wildman–Crippen LogP) is 4.59. The summed E-state index contributed by atoms with van der Waals surface area (Å²) in [5, 5.41) is 6.15. The molecule has 1 aromatic heterocycles. The first-order chi connectivity index (χ1) is 14.8. The summed E-state index contributed by atoms with van der Waals surface area (Å²) in [4.78, 5) is 37.0. The maximum Gasteiger partial charge on any atom is 0.348 e. The highest BCUT2D eigenvalue weighted by atomic mass is 35.5. The normalized spacial score (nSPS) is 10.6. The predicted molar refractivity (Wildman–Crippen MR) is 126 cm³/mol. The quantitative estimate of drug-likeness (QED) is 0.340. The number of esters is 2. The third-order valence-electron chi connectivity index (χ3n) is 3.85. The van der Waals surface area contributed by atoms with Crippen molar-refractivity contribution in [1.29, 1.82) is 0 Å². The summed E-state index contributed by atoms with van der Waals surface area (Å²) in [5.41, 5.74) is 1.38. The molecule has 0 aliphatic heterocycles. The Bertz CT molecular complexity index is 1020. The topological polar surface area (TPSA) is 93.7 Å². The van der Waals surface area contributed by atoms with Gasteiger partial charge in [0.1, 0.15) is 9.88 Å². The molecule has 0 saturated heterocycles. The number of rotatable bonds is 7. The summed E-state index contributed by atoms with van der Waals surface area (Å²) in [6, 6.07) is 6.95. The molecule has 1 heterocycles. The Morgan fingerprint density at radius 2 is 1.71 bits per heavy atom. The van der Waals surface area contributed by atoms with Gasteiger partial charge in [-0.25, -0.2) is 9.59 Å². The van der Waals surface area contributed by atoms with Gasteiger partial charge in [-0.05, 0) is 62.3 Å². The van der Waals surface area contributed by atoms with Crippen LogP contribution in [0.5, 0.6) is 0 Å². The van der Waals surface area contributed by atoms with Crippen molar-refractivity contribution in [3.8, 4) is 0 Å². The average Bonchev–Trinajstić information content (AvgIpc) is 3.03. The lowest BCUT2D eigenvalue weighted by Crippen LogP contribution is -2.33. The minimum atomic E-state index is -0.606. The number of carbonyl (C=O) groups excluding carboxylic acids is 3. The molecule has 0 atom stereocenters. The van der Waals surface area contributed by atoms with Crippen molar-refractivity contribution in [3.05, 3.63) is 56.9 Å². The van der Waals surface area contributed by atoms with Gasteiger partial charge < -0.3 is 14.8 Å². The minimum Gasteiger partial charge on any atom is -0.462 e. The zero-order chi connectivity index (χ0) is 23.0. The molecule has 0 bridgehead atoms. The highest BCUT2D eigenvalue weighted by Gasteiger charge is 2.27. The van der Waals surface area contributed by atoms with E-state index >= 15 is 0 Å². The minimum absolute atomic E-state index is 0.0343. The van der Waals surface area contributed by atoms with Gasteiger partial charge in [-0.15, -0.1) is 11.3 Å². The van der Waals surface area contributed by atoms with E-state index in [1.165, 1.54) is 6.08 Å². The van der Waals surface area contributed by atoms with Crippen molar-refractivity contribution >= 4 is 69.2 Å². The fourth-order valence-corrected chi connectivity index (χ4v) is 3.96. The van der Waals surface area contributed by atoms with Crippen molar-refractivity contribution in [3.63, 3.8) is 0 Å². The highest BCUT2D eigenvalue weighted by molar-refractivity contribution is 7.80. The number of thiophene rings is 1. The maximum atomic E-state index is 12.4. The van der Waals surface area contributed by atoms with E-state index in [0.29, 0.717) is 10.6 Å². The first-order valence-electron chi connectivity index (χ1n) is 9.30. The third kappa shape index (κ3) is 6.88. The molecule has 31 heavy (non-hydrogen) atoms. The van der Waals surface area contributed by atoms with E-state index < -0.39 is 17.8 Å². The Labute approximate surface area is 194 Å². The van der Waals surface area contributed by atoms with Crippen LogP contribution in [-0.4, -0.2) is 36.2 Å². The van der Waals surface area contributed by atoms with Crippen LogP contribution in [0, 0.1) is 6.92 Å². The van der Waals surface area contributed by atoms with Gasteiger partial charge in [0.2, 0.25) is 5.91 Å². The van der Waals surface area contributed by atoms with Crippen LogP contribution in [0.25, 0.3) is 6.08 Å². The molecule has 0 radical (unpaired) electrons. The lowest BCUT2D eigenvalue weighted by Gasteiger charge is -2.09. The summed E-state index contributed by atoms with van der Waals surface area (Å²) in [6.07, 6.45) is 2.92. The third-order valence-corrected chi connectivity index (χ3v) is 5.49. The molecule has 1 amide bonds. The molecule has 0 spiro atoms. The van der Waals surface area contributed by atoms with Gasteiger partial charge >= 0.3 is 11.9 Å². The van der Waals surface area contributed by atoms with Gasteiger partial charge in [0, 0.05) is 11.1 Å². The maximum absolute atomic E-state index is 12.4. The van der Waals surface area contributed by atoms with Crippen LogP contribution in [0.1, 0.15) is 45.0 Å². The number of carbonyl (C=O) groups is 3. The number of thiocarbonyl (C=S) groups is 1. The highest BCUT2D eigenvalue weighted by Crippen LogP contribution is 2.34. The fourth-order valence-electron chi connectivity index (χ4n) is 2.48. The number of ether oxygens (including phenoxy) is 2. The van der Waals surface area contributed by atoms with Crippen LogP contribution >= 0.6 is 35.2 Å². The molecule has 0 unspecified atom stereocenters. The van der Waals surface area contributed by atoms with Gasteiger partial charge in [0.15, 0.2) is 5.11 Å². The van der Waals surface area contributed by atoms with Crippen molar-refractivity contribution < 1.29 is 23.9 Å². The van der Waals surface area contributed by atoms with E-state index in [9.17, 15) is 14.4 Å². The Balaban J connectivity index is 2.15. The van der Waals surface area contributed by atoms with Gasteiger partial charge in [0.25, 0.3) is 0 Å². The Kier molecular flexibility index (Phi) is 9.17. The molecule has 1 aromatic carbocycles. The second-order valence-corrected chi connectivity index (χ2v) is 7.89. The lowest BCUT2D eigenvalue weighted by atomic mass is 10.1. The monoisotopic (exact) mass is 480 g/mol. The number of nitrogens with one attached hydrogen (secondary N) is 2. The first-order valence-corrected chi connectivity index (χ1v) is 10.9. The average molecular weight is 481 g/mol. The van der Waals surface area contributed by atoms with Gasteiger partial charge in [-0.2, -0.15) is 0 Å². The van der Waals surface area contributed by atoms with E-state index in [2.05, 4.69) is 10.6 Å². The Morgan fingerprint density at radius 1 is 1.10 bits per heavy atom. The summed E-state index contributed by atoms with van der Waals surface area (Å²) in [6.45, 7) is 5.35. The Morgan fingerprint density at radius 3 is 2.32 bits per heavy atom. The molecule has 2 aromatic rings. The summed E-state index contributed by atoms with van der Waals surface area (Å²) in [7, 11) is 0. The second kappa shape index (κ2) is 11.6. The Hall–Kier alpha value is -2.75. The van der Waals surface area contributed by atoms with E-state index in [1.807, 2.05) is 0 Å². The molecule has 2 rings (SSSR count). The van der Waals surface area contributed by atoms with Gasteiger partial charge in [0.05, 0.1) is 18.8 Å². The second-order valence-electron chi connectivity index (χ2n) is 6.03. The number of hydrogen-bond acceptors (Lipinski definition) is 7. The van der Waals surface area contributed by atoms with Crippen molar-refractivity contribution in [1.82, 2.24) is 5.32 Å². The number of halogens is 1. The lowest BCUT2D eigenvalue weighted by molar-refractivity contribution is -0.115. The molecule has 0 aliphatic carbocycles. The number of anilines is 1. The molecular formula is C21H21ClN2O5S2. The van der Waals surface area contributed by atoms with Crippen molar-refractivity contribution in [2.45, 2.75) is 20.8 Å². The van der Waals surface area contributed by atoms with Crippen LogP contribution in [0.3, 0.4) is 0 Å². The first kappa shape index (κ1) is 24.5. The molecule has 0 fully saturated rings. The fraction of sp³-hybridized carbons (Fsp3) is 0.238. The van der Waals surface area contributed by atoms with Crippen molar-refractivity contribution in [2.75, 3.05) is 18.5 Å². The van der Waals surface area contributed by atoms with Crippen LogP contribution < -0.4 is 10.6 Å². The van der Waals surface area contributed by atoms with E-state index in [-0.39, 0.29) is 33.8 Å². The van der Waals surface area contributed by atoms with Gasteiger partial charge in [-0.1, -0.05) is 23.7 Å². The van der Waals surface area contributed by atoms with Crippen molar-refractivity contribution in [2.24, 2.45) is 0 Å². The molecule has 7 nitrogen and oxygen atoms in total. The SMILES string of the molecule is CCOC(=O)c1sc(NC(=S)NC(=O)/C=C/c2ccc(Cl)cc2)c(C(=O)OCC)c1C. The zero-order valence-electron chi connectivity index (χ0n) is 17.1. The number of amides is 1. The number of hydrogen-bond donors (Lipinski definition) is 2. The number of benzene rings is 1. The molecule has 0 saturated carbocycles. The largest absolute Gasteiger partial charge is 0.462 e. The smallest absolute Gasteiger partial charge is 0.348 e. The molecule has 2 N–H and O–H groups in total. The summed E-state index contributed by atoms with van der Waals surface area (Å²) >= 11 is 12.0. The molecule has 0 aliphatic rings. The van der Waals surface area contributed by atoms with Crippen LogP contribution in [0.15, 0.2) is 30.3 Å². The van der Waals surface area contributed by atoms with Crippen LogP contribution in [-0.2, 0) is 14.3 Å². The van der Waals surface area contributed by atoms with Gasteiger partial charge in [-0.3, -0.25) is 10.1 Å². The van der Waals surface area contributed by atoms with Crippen LogP contribution in [0.2, 0.25) is 5.02 Å². The summed E-state index contributed by atoms with van der Waals surface area (Å²) < 4.78 is 10.1. The van der Waals surface area contributed by atoms with Crippen LogP contribution in [0.4, 0.5) is 5.00 Å². The molecular weight excluding hydrogens is 460 g/mol. The zero-order valence-corrected chi connectivity index (χ0v) is 19.5. The molecule has 164 valence electrons.